The van der Waals surface area contributed by atoms with E-state index in [0.29, 0.717) is 22.1 Å². The molecule has 3 aromatic rings. The lowest BCUT2D eigenvalue weighted by molar-refractivity contribution is -0.118. The maximum Gasteiger partial charge on any atom is 0.254 e. The number of fused-ring (bicyclic) bond motifs is 1. The normalized spacial score (nSPS) is 24.7. The molecule has 2 aromatic heterocycles. The number of halogens is 1. The van der Waals surface area contributed by atoms with Crippen LogP contribution in [0.2, 0.25) is 5.02 Å². The maximum atomic E-state index is 12.9. The molecule has 1 aliphatic heterocycles. The number of benzene rings is 1. The highest BCUT2D eigenvalue weighted by molar-refractivity contribution is 6.30. The van der Waals surface area contributed by atoms with Crippen molar-refractivity contribution in [2.24, 2.45) is 11.8 Å². The number of nitrogens with zero attached hydrogens (tertiary/aromatic N) is 5. The fraction of sp³-hybridized carbons (Fsp3) is 0.393. The number of pyridine rings is 1. The summed E-state index contributed by atoms with van der Waals surface area (Å²) in [6, 6.07) is 9.44. The van der Waals surface area contributed by atoms with E-state index in [9.17, 15) is 14.9 Å². The van der Waals surface area contributed by atoms with Gasteiger partial charge in [0, 0.05) is 29.7 Å². The molecule has 0 unspecified atom stereocenters. The second kappa shape index (κ2) is 9.00. The largest absolute Gasteiger partial charge is 0.349 e. The number of hydrogen-bond donors (Lipinski definition) is 1. The average Bonchev–Trinajstić information content (AvgIpc) is 3.31. The summed E-state index contributed by atoms with van der Waals surface area (Å²) < 4.78 is 1.74. The summed E-state index contributed by atoms with van der Waals surface area (Å²) in [5.41, 5.74) is 4.76. The predicted molar refractivity (Wildman–Crippen MR) is 138 cm³/mol. The van der Waals surface area contributed by atoms with Crippen LogP contribution in [0, 0.1) is 30.1 Å². The van der Waals surface area contributed by atoms with Crippen LogP contribution < -0.4 is 10.2 Å². The quantitative estimate of drug-likeness (QED) is 0.525. The number of carbonyl (C=O) groups is 2. The van der Waals surface area contributed by atoms with Gasteiger partial charge in [-0.1, -0.05) is 11.6 Å². The lowest BCUT2D eigenvalue weighted by Crippen LogP contribution is -2.43. The summed E-state index contributed by atoms with van der Waals surface area (Å²) in [5.74, 6) is 0.980. The van der Waals surface area contributed by atoms with Gasteiger partial charge in [-0.25, -0.2) is 0 Å². The van der Waals surface area contributed by atoms with E-state index in [1.807, 2.05) is 30.9 Å². The lowest BCUT2D eigenvalue weighted by Gasteiger charge is -2.36. The van der Waals surface area contributed by atoms with Gasteiger partial charge in [-0.05, 0) is 80.3 Å². The Bertz CT molecular complexity index is 1450. The number of hydrogen-bond acceptors (Lipinski definition) is 5. The summed E-state index contributed by atoms with van der Waals surface area (Å²) in [7, 11) is 0. The fourth-order valence-corrected chi connectivity index (χ4v) is 5.87. The van der Waals surface area contributed by atoms with Crippen LogP contribution >= 0.6 is 11.6 Å². The summed E-state index contributed by atoms with van der Waals surface area (Å²) in [4.78, 5) is 31.8. The van der Waals surface area contributed by atoms with E-state index < -0.39 is 0 Å². The summed E-state index contributed by atoms with van der Waals surface area (Å²) in [6.45, 7) is 4.77. The number of carbonyl (C=O) groups excluding carboxylic acids is 2. The number of piperidine rings is 1. The Morgan fingerprint density at radius 3 is 2.76 bits per heavy atom. The Morgan fingerprint density at radius 2 is 2.05 bits per heavy atom. The lowest BCUT2D eigenvalue weighted by atomic mass is 9.74. The molecule has 8 nitrogen and oxygen atoms in total. The summed E-state index contributed by atoms with van der Waals surface area (Å²) >= 11 is 6.12. The van der Waals surface area contributed by atoms with Gasteiger partial charge in [0.2, 0.25) is 5.91 Å². The van der Waals surface area contributed by atoms with Crippen LogP contribution in [0.4, 0.5) is 5.69 Å². The Balaban J connectivity index is 1.08. The Morgan fingerprint density at radius 1 is 1.24 bits per heavy atom. The van der Waals surface area contributed by atoms with Crippen LogP contribution in [-0.4, -0.2) is 39.2 Å². The van der Waals surface area contributed by atoms with Crippen LogP contribution in [0.25, 0.3) is 0 Å². The third-order valence-electron chi connectivity index (χ3n) is 8.04. The van der Waals surface area contributed by atoms with Crippen molar-refractivity contribution in [3.05, 3.63) is 75.8 Å². The number of amides is 2. The first-order valence-electron chi connectivity index (χ1n) is 12.6. The van der Waals surface area contributed by atoms with Crippen LogP contribution in [-0.2, 0) is 4.79 Å². The minimum Gasteiger partial charge on any atom is -0.349 e. The monoisotopic (exact) mass is 514 g/mol. The third kappa shape index (κ3) is 4.27. The van der Waals surface area contributed by atoms with Gasteiger partial charge < -0.3 is 10.2 Å². The molecule has 1 saturated heterocycles. The molecule has 188 valence electrons. The molecule has 3 aliphatic rings. The SMILES string of the molecule is Cc1cc(N2C[C@H]3C[C@H]3C2=O)cnc1[C@H](C)n1cc(C(=O)NC2CC(c3cc(Cl)ccc3C#N)C2)cn1. The van der Waals surface area contributed by atoms with Crippen LogP contribution in [0.15, 0.2) is 42.9 Å². The minimum atomic E-state index is -0.168. The highest BCUT2D eigenvalue weighted by Crippen LogP contribution is 2.47. The van der Waals surface area contributed by atoms with Gasteiger partial charge in [0.25, 0.3) is 5.91 Å². The van der Waals surface area contributed by atoms with E-state index >= 15 is 0 Å². The molecule has 0 bridgehead atoms. The molecular formula is C28H27ClN6O2. The first-order chi connectivity index (χ1) is 17.8. The Labute approximate surface area is 220 Å². The zero-order valence-electron chi connectivity index (χ0n) is 20.7. The van der Waals surface area contributed by atoms with Crippen LogP contribution in [0.5, 0.6) is 0 Å². The van der Waals surface area contributed by atoms with Crippen molar-refractivity contribution in [2.75, 3.05) is 11.4 Å². The molecule has 2 aliphatic carbocycles. The molecule has 2 saturated carbocycles. The van der Waals surface area contributed by atoms with Crippen molar-refractivity contribution in [2.45, 2.75) is 51.1 Å². The van der Waals surface area contributed by atoms with Crippen LogP contribution in [0.1, 0.15) is 70.9 Å². The molecule has 3 heterocycles. The smallest absolute Gasteiger partial charge is 0.254 e. The molecule has 3 atom stereocenters. The maximum absolute atomic E-state index is 12.9. The topological polar surface area (TPSA) is 104 Å². The number of aromatic nitrogens is 3. The highest BCUT2D eigenvalue weighted by atomic mass is 35.5. The molecule has 9 heteroatoms. The van der Waals surface area contributed by atoms with Gasteiger partial charge in [-0.3, -0.25) is 19.3 Å². The van der Waals surface area contributed by atoms with Gasteiger partial charge in [-0.15, -0.1) is 0 Å². The van der Waals surface area contributed by atoms with Gasteiger partial charge in [-0.2, -0.15) is 10.4 Å². The average molecular weight is 515 g/mol. The second-order valence-corrected chi connectivity index (χ2v) is 11.0. The molecule has 0 radical (unpaired) electrons. The molecule has 3 fully saturated rings. The van der Waals surface area contributed by atoms with Crippen LogP contribution in [0.3, 0.4) is 0 Å². The number of aryl methyl sites for hydroxylation is 1. The first kappa shape index (κ1) is 23.7. The zero-order chi connectivity index (χ0) is 25.8. The number of nitrogens with one attached hydrogen (secondary N) is 1. The minimum absolute atomic E-state index is 0.0413. The van der Waals surface area contributed by atoms with Gasteiger partial charge >= 0.3 is 0 Å². The molecule has 1 N–H and O–H groups in total. The number of nitriles is 1. The molecule has 6 rings (SSSR count). The van der Waals surface area contributed by atoms with E-state index in [1.165, 1.54) is 0 Å². The van der Waals surface area contributed by atoms with Crippen molar-refractivity contribution in [1.29, 1.82) is 5.26 Å². The van der Waals surface area contributed by atoms with Crippen molar-refractivity contribution in [3.8, 4) is 6.07 Å². The zero-order valence-corrected chi connectivity index (χ0v) is 21.4. The molecule has 0 spiro atoms. The standard InChI is InChI=1S/C28H27ClN6O2/c1-15-5-23(34-13-19-8-25(19)28(34)37)12-31-26(15)16(2)35-14-20(11-32-35)27(36)33-22-6-18(7-22)24-9-21(29)4-3-17(24)10-30/h3-5,9,11-12,14,16,18-19,22,25H,6-8,13H2,1-2H3,(H,33,36)/t16-,18?,19+,22?,25+/m0/s1. The van der Waals surface area contributed by atoms with Crippen molar-refractivity contribution < 1.29 is 9.59 Å². The van der Waals surface area contributed by atoms with Crippen molar-refractivity contribution >= 4 is 29.1 Å². The number of rotatable bonds is 6. The van der Waals surface area contributed by atoms with Gasteiger partial charge in [0.1, 0.15) is 0 Å². The third-order valence-corrected chi connectivity index (χ3v) is 8.28. The van der Waals surface area contributed by atoms with E-state index in [1.54, 1.807) is 35.4 Å². The molecule has 1 aromatic carbocycles. The Kier molecular flexibility index (Phi) is 5.76. The summed E-state index contributed by atoms with van der Waals surface area (Å²) in [5, 5.41) is 17.5. The van der Waals surface area contributed by atoms with Crippen molar-refractivity contribution in [1.82, 2.24) is 20.1 Å². The van der Waals surface area contributed by atoms with Gasteiger partial charge in [0.05, 0.1) is 47.0 Å². The van der Waals surface area contributed by atoms with E-state index in [-0.39, 0.29) is 35.7 Å². The molecular weight excluding hydrogens is 488 g/mol. The van der Waals surface area contributed by atoms with E-state index in [4.69, 9.17) is 11.6 Å². The first-order valence-corrected chi connectivity index (χ1v) is 13.0. The summed E-state index contributed by atoms with van der Waals surface area (Å²) in [6.07, 6.45) is 7.64. The van der Waals surface area contributed by atoms with E-state index in [2.05, 4.69) is 21.5 Å². The van der Waals surface area contributed by atoms with E-state index in [0.717, 1.165) is 48.3 Å². The molecule has 2 amide bonds. The van der Waals surface area contributed by atoms with Crippen molar-refractivity contribution in [3.63, 3.8) is 0 Å². The van der Waals surface area contributed by atoms with Gasteiger partial charge in [0.15, 0.2) is 0 Å². The number of anilines is 1. The predicted octanol–water partition coefficient (Wildman–Crippen LogP) is 4.38. The highest BCUT2D eigenvalue weighted by Gasteiger charge is 2.52. The fourth-order valence-electron chi connectivity index (χ4n) is 5.69. The molecule has 37 heavy (non-hydrogen) atoms. The Hall–Kier alpha value is -3.70. The second-order valence-electron chi connectivity index (χ2n) is 10.5.